The number of amides is 1. The van der Waals surface area contributed by atoms with Crippen molar-refractivity contribution in [3.63, 3.8) is 0 Å². The quantitative estimate of drug-likeness (QED) is 0.763. The molecule has 4 atom stereocenters. The van der Waals surface area contributed by atoms with Gasteiger partial charge in [0.1, 0.15) is 0 Å². The fraction of sp³-hybridized carbons (Fsp3) is 0.929. The number of hydrogen-bond donors (Lipinski definition) is 1. The third-order valence-corrected chi connectivity index (χ3v) is 5.25. The zero-order valence-electron chi connectivity index (χ0n) is 10.5. The van der Waals surface area contributed by atoms with Gasteiger partial charge in [0.25, 0.3) is 0 Å². The topological polar surface area (TPSA) is 29.1 Å². The number of fused-ring (bicyclic) bond motifs is 3. The Morgan fingerprint density at radius 3 is 2.81 bits per heavy atom. The lowest BCUT2D eigenvalue weighted by Gasteiger charge is -2.38. The van der Waals surface area contributed by atoms with E-state index in [1.165, 1.54) is 32.1 Å². The van der Waals surface area contributed by atoms with E-state index in [-0.39, 0.29) is 0 Å². The molecule has 3 aliphatic rings. The first-order valence-corrected chi connectivity index (χ1v) is 6.89. The van der Waals surface area contributed by atoms with Gasteiger partial charge in [-0.3, -0.25) is 4.79 Å². The molecule has 1 saturated heterocycles. The van der Waals surface area contributed by atoms with Crippen molar-refractivity contribution in [1.29, 1.82) is 0 Å². The van der Waals surface area contributed by atoms with Crippen LogP contribution in [-0.4, -0.2) is 11.9 Å². The summed E-state index contributed by atoms with van der Waals surface area (Å²) in [4.78, 5) is 11.8. The maximum atomic E-state index is 11.8. The molecule has 2 aliphatic carbocycles. The average molecular weight is 221 g/mol. The molecular weight excluding hydrogens is 198 g/mol. The predicted octanol–water partition coefficient (Wildman–Crippen LogP) is 2.73. The van der Waals surface area contributed by atoms with E-state index in [4.69, 9.17) is 0 Å². The molecule has 2 heteroatoms. The van der Waals surface area contributed by atoms with Crippen LogP contribution in [0, 0.1) is 23.2 Å². The minimum absolute atomic E-state index is 0.318. The molecule has 1 heterocycles. The highest BCUT2D eigenvalue weighted by atomic mass is 16.2. The summed E-state index contributed by atoms with van der Waals surface area (Å²) < 4.78 is 0. The fourth-order valence-corrected chi connectivity index (χ4v) is 4.71. The van der Waals surface area contributed by atoms with Gasteiger partial charge in [-0.15, -0.1) is 0 Å². The predicted molar refractivity (Wildman–Crippen MR) is 63.9 cm³/mol. The van der Waals surface area contributed by atoms with Crippen molar-refractivity contribution in [2.45, 2.75) is 58.4 Å². The Labute approximate surface area is 98.2 Å². The standard InChI is InChI=1S/C14H23NO/c1-9(2)5-12-14(8-13(16)15-12)7-10-3-4-11(14)6-10/h9-12H,3-8H2,1-2H3,(H,15,16). The minimum Gasteiger partial charge on any atom is -0.353 e. The first-order valence-electron chi connectivity index (χ1n) is 6.89. The Morgan fingerprint density at radius 2 is 2.25 bits per heavy atom. The van der Waals surface area contributed by atoms with Crippen molar-refractivity contribution in [2.75, 3.05) is 0 Å². The van der Waals surface area contributed by atoms with Crippen molar-refractivity contribution >= 4 is 5.91 Å². The summed E-state index contributed by atoms with van der Waals surface area (Å²) >= 11 is 0. The van der Waals surface area contributed by atoms with E-state index in [1.807, 2.05) is 0 Å². The van der Waals surface area contributed by atoms with Crippen LogP contribution in [0.4, 0.5) is 0 Å². The van der Waals surface area contributed by atoms with Gasteiger partial charge in [-0.2, -0.15) is 0 Å². The molecule has 16 heavy (non-hydrogen) atoms. The molecule has 0 aromatic rings. The summed E-state index contributed by atoms with van der Waals surface area (Å²) in [5, 5.41) is 3.26. The third-order valence-electron chi connectivity index (χ3n) is 5.25. The van der Waals surface area contributed by atoms with E-state index in [0.29, 0.717) is 23.3 Å². The molecule has 3 rings (SSSR count). The van der Waals surface area contributed by atoms with Crippen LogP contribution < -0.4 is 5.32 Å². The van der Waals surface area contributed by atoms with Gasteiger partial charge in [-0.1, -0.05) is 20.3 Å². The van der Waals surface area contributed by atoms with Crippen LogP contribution in [0.25, 0.3) is 0 Å². The molecule has 3 fully saturated rings. The van der Waals surface area contributed by atoms with Gasteiger partial charge in [0.15, 0.2) is 0 Å². The first kappa shape index (κ1) is 10.6. The molecule has 2 saturated carbocycles. The van der Waals surface area contributed by atoms with Crippen molar-refractivity contribution in [3.05, 3.63) is 0 Å². The summed E-state index contributed by atoms with van der Waals surface area (Å²) in [6, 6.07) is 0.482. The van der Waals surface area contributed by atoms with Crippen LogP contribution in [0.2, 0.25) is 0 Å². The largest absolute Gasteiger partial charge is 0.353 e. The summed E-state index contributed by atoms with van der Waals surface area (Å²) in [5.74, 6) is 2.80. The van der Waals surface area contributed by atoms with Crippen LogP contribution in [0.1, 0.15) is 52.4 Å². The Hall–Kier alpha value is -0.530. The van der Waals surface area contributed by atoms with E-state index < -0.39 is 0 Å². The molecule has 1 spiro atoms. The summed E-state index contributed by atoms with van der Waals surface area (Å²) in [6.45, 7) is 4.54. The smallest absolute Gasteiger partial charge is 0.220 e. The number of carbonyl (C=O) groups excluding carboxylic acids is 1. The van der Waals surface area contributed by atoms with Gasteiger partial charge in [0, 0.05) is 17.9 Å². The van der Waals surface area contributed by atoms with Crippen LogP contribution >= 0.6 is 0 Å². The molecule has 1 amide bonds. The first-order chi connectivity index (χ1) is 7.60. The van der Waals surface area contributed by atoms with E-state index in [1.54, 1.807) is 0 Å². The van der Waals surface area contributed by atoms with Gasteiger partial charge in [-0.25, -0.2) is 0 Å². The normalized spacial score (nSPS) is 45.9. The molecule has 90 valence electrons. The molecule has 0 aromatic heterocycles. The lowest BCUT2D eigenvalue weighted by Crippen LogP contribution is -2.41. The Kier molecular flexibility index (Phi) is 2.31. The fourth-order valence-electron chi connectivity index (χ4n) is 4.71. The van der Waals surface area contributed by atoms with Gasteiger partial charge in [0.05, 0.1) is 0 Å². The van der Waals surface area contributed by atoms with E-state index in [9.17, 15) is 4.79 Å². The maximum Gasteiger partial charge on any atom is 0.220 e. The second kappa shape index (κ2) is 3.48. The highest BCUT2D eigenvalue weighted by Gasteiger charge is 2.58. The molecule has 4 unspecified atom stereocenters. The number of rotatable bonds is 2. The maximum absolute atomic E-state index is 11.8. The van der Waals surface area contributed by atoms with Crippen molar-refractivity contribution < 1.29 is 4.79 Å². The second-order valence-electron chi connectivity index (χ2n) is 6.74. The van der Waals surface area contributed by atoms with E-state index >= 15 is 0 Å². The van der Waals surface area contributed by atoms with Crippen LogP contribution in [0.5, 0.6) is 0 Å². The average Bonchev–Trinajstić information content (AvgIpc) is 2.81. The van der Waals surface area contributed by atoms with Crippen molar-refractivity contribution in [3.8, 4) is 0 Å². The Balaban J connectivity index is 1.84. The van der Waals surface area contributed by atoms with Crippen molar-refractivity contribution in [2.24, 2.45) is 23.2 Å². The molecule has 2 nitrogen and oxygen atoms in total. The molecule has 1 aliphatic heterocycles. The van der Waals surface area contributed by atoms with Crippen LogP contribution in [-0.2, 0) is 4.79 Å². The zero-order chi connectivity index (χ0) is 11.3. The highest BCUT2D eigenvalue weighted by Crippen LogP contribution is 2.61. The Bertz CT molecular complexity index is 312. The Morgan fingerprint density at radius 1 is 1.44 bits per heavy atom. The molecule has 0 aromatic carbocycles. The summed E-state index contributed by atoms with van der Waals surface area (Å²) in [6.07, 6.45) is 7.54. The van der Waals surface area contributed by atoms with Crippen LogP contribution in [0.3, 0.4) is 0 Å². The van der Waals surface area contributed by atoms with Crippen molar-refractivity contribution in [1.82, 2.24) is 5.32 Å². The summed E-state index contributed by atoms with van der Waals surface area (Å²) in [7, 11) is 0. The SMILES string of the molecule is CC(C)CC1NC(=O)CC12CC1CCC2C1. The highest BCUT2D eigenvalue weighted by molar-refractivity contribution is 5.80. The third kappa shape index (κ3) is 1.42. The van der Waals surface area contributed by atoms with Crippen LogP contribution in [0.15, 0.2) is 0 Å². The van der Waals surface area contributed by atoms with Gasteiger partial charge in [0.2, 0.25) is 5.91 Å². The molecule has 2 bridgehead atoms. The lowest BCUT2D eigenvalue weighted by molar-refractivity contribution is -0.120. The lowest BCUT2D eigenvalue weighted by atomic mass is 9.66. The summed E-state index contributed by atoms with van der Waals surface area (Å²) in [5.41, 5.74) is 0.365. The monoisotopic (exact) mass is 221 g/mol. The van der Waals surface area contributed by atoms with E-state index in [2.05, 4.69) is 19.2 Å². The number of nitrogens with one attached hydrogen (secondary N) is 1. The number of hydrogen-bond acceptors (Lipinski definition) is 1. The minimum atomic E-state index is 0.318. The van der Waals surface area contributed by atoms with Gasteiger partial charge >= 0.3 is 0 Å². The number of carbonyl (C=O) groups is 1. The zero-order valence-corrected chi connectivity index (χ0v) is 10.5. The molecular formula is C14H23NO. The van der Waals surface area contributed by atoms with Gasteiger partial charge in [-0.05, 0) is 43.4 Å². The second-order valence-corrected chi connectivity index (χ2v) is 6.74. The molecule has 0 radical (unpaired) electrons. The molecule has 1 N–H and O–H groups in total. The van der Waals surface area contributed by atoms with Gasteiger partial charge < -0.3 is 5.32 Å². The van der Waals surface area contributed by atoms with E-state index in [0.717, 1.165) is 18.3 Å².